The lowest BCUT2D eigenvalue weighted by Gasteiger charge is -2.30. The zero-order chi connectivity index (χ0) is 22.7. The number of anilines is 1. The van der Waals surface area contributed by atoms with Gasteiger partial charge in [-0.25, -0.2) is 9.67 Å². The van der Waals surface area contributed by atoms with Gasteiger partial charge in [-0.15, -0.1) is 0 Å². The average molecular weight is 498 g/mol. The number of aryl methyl sites for hydroxylation is 1. The molecule has 0 spiro atoms. The number of methoxy groups -OCH3 is 1. The van der Waals surface area contributed by atoms with Gasteiger partial charge in [0, 0.05) is 23.2 Å². The van der Waals surface area contributed by atoms with Gasteiger partial charge in [0.2, 0.25) is 11.9 Å². The summed E-state index contributed by atoms with van der Waals surface area (Å²) >= 11 is 3.53. The molecule has 2 heterocycles. The van der Waals surface area contributed by atoms with Gasteiger partial charge in [0.05, 0.1) is 18.8 Å². The Hall–Kier alpha value is -3.04. The Balaban J connectivity index is 1.76. The molecule has 0 saturated carbocycles. The molecule has 2 unspecified atom stereocenters. The van der Waals surface area contributed by atoms with Gasteiger partial charge in [-0.3, -0.25) is 4.79 Å². The van der Waals surface area contributed by atoms with Crippen LogP contribution in [-0.4, -0.2) is 45.2 Å². The predicted octanol–water partition coefficient (Wildman–Crippen LogP) is 3.92. The van der Waals surface area contributed by atoms with Crippen molar-refractivity contribution in [1.29, 1.82) is 0 Å². The Morgan fingerprint density at radius 3 is 2.81 bits per heavy atom. The Morgan fingerprint density at radius 2 is 2.06 bits per heavy atom. The molecule has 0 saturated heterocycles. The Labute approximate surface area is 194 Å². The van der Waals surface area contributed by atoms with Crippen molar-refractivity contribution in [2.45, 2.75) is 25.8 Å². The van der Waals surface area contributed by atoms with E-state index in [0.29, 0.717) is 41.8 Å². The first-order chi connectivity index (χ1) is 15.5. The van der Waals surface area contributed by atoms with Crippen molar-refractivity contribution >= 4 is 39.2 Å². The molecule has 166 valence electrons. The summed E-state index contributed by atoms with van der Waals surface area (Å²) in [6.45, 7) is 1.90. The number of aliphatic hydroxyl groups is 1. The molecule has 32 heavy (non-hydrogen) atoms. The van der Waals surface area contributed by atoms with E-state index in [0.717, 1.165) is 10.0 Å². The number of nitrogens with one attached hydrogen (secondary N) is 1. The van der Waals surface area contributed by atoms with E-state index in [2.05, 4.69) is 36.3 Å². The van der Waals surface area contributed by atoms with Gasteiger partial charge in [0.25, 0.3) is 0 Å². The molecule has 0 bridgehead atoms. The topological polar surface area (TPSA) is 102 Å². The molecule has 2 aromatic carbocycles. The lowest BCUT2D eigenvalue weighted by Crippen LogP contribution is -2.39. The Morgan fingerprint density at radius 1 is 1.25 bits per heavy atom. The number of para-hydroxylation sites is 2. The number of rotatable bonds is 7. The van der Waals surface area contributed by atoms with Crippen molar-refractivity contribution in [1.82, 2.24) is 14.8 Å². The molecule has 2 atom stereocenters. The molecule has 0 aliphatic carbocycles. The van der Waals surface area contributed by atoms with Gasteiger partial charge < -0.3 is 15.2 Å². The molecular formula is C23H24BrN5O3. The molecule has 3 aromatic rings. The highest BCUT2D eigenvalue weighted by molar-refractivity contribution is 9.10. The molecular weight excluding hydrogens is 474 g/mol. The number of aromatic nitrogens is 3. The number of fused-ring (bicyclic) bond motifs is 1. The van der Waals surface area contributed by atoms with Crippen LogP contribution < -0.4 is 10.1 Å². The largest absolute Gasteiger partial charge is 0.495 e. The Bertz CT molecular complexity index is 1160. The average Bonchev–Trinajstić information content (AvgIpc) is 3.19. The number of carbonyl (C=O) groups is 1. The number of halogens is 1. The summed E-state index contributed by atoms with van der Waals surface area (Å²) in [5.74, 6) is 0.823. The van der Waals surface area contributed by atoms with Crippen molar-refractivity contribution in [3.05, 3.63) is 64.4 Å². The SMILES string of the molecule is COc1ccccc1NC(=O)C1C(C)=Nc2nc(CCCO)nn2C1c1cccc(Br)c1. The van der Waals surface area contributed by atoms with Crippen LogP contribution in [0.2, 0.25) is 0 Å². The van der Waals surface area contributed by atoms with Crippen LogP contribution >= 0.6 is 15.9 Å². The minimum atomic E-state index is -0.603. The highest BCUT2D eigenvalue weighted by Gasteiger charge is 2.39. The van der Waals surface area contributed by atoms with Crippen LogP contribution in [0.5, 0.6) is 5.75 Å². The molecule has 0 radical (unpaired) electrons. The smallest absolute Gasteiger partial charge is 0.248 e. The van der Waals surface area contributed by atoms with Crippen molar-refractivity contribution in [2.75, 3.05) is 19.0 Å². The van der Waals surface area contributed by atoms with Gasteiger partial charge in [0.15, 0.2) is 5.82 Å². The predicted molar refractivity (Wildman–Crippen MR) is 126 cm³/mol. The first-order valence-corrected chi connectivity index (χ1v) is 11.1. The quantitative estimate of drug-likeness (QED) is 0.514. The fraction of sp³-hybridized carbons (Fsp3) is 0.304. The number of amides is 1. The number of hydrogen-bond donors (Lipinski definition) is 2. The van der Waals surface area contributed by atoms with Crippen LogP contribution in [0.1, 0.15) is 30.8 Å². The summed E-state index contributed by atoms with van der Waals surface area (Å²) in [6, 6.07) is 14.7. The van der Waals surface area contributed by atoms with Crippen LogP contribution in [0.4, 0.5) is 11.6 Å². The van der Waals surface area contributed by atoms with Gasteiger partial charge in [0.1, 0.15) is 11.7 Å². The second-order valence-electron chi connectivity index (χ2n) is 7.52. The normalized spacial score (nSPS) is 17.4. The number of aliphatic imine (C=N–C) groups is 1. The van der Waals surface area contributed by atoms with E-state index >= 15 is 0 Å². The van der Waals surface area contributed by atoms with E-state index in [-0.39, 0.29) is 12.5 Å². The van der Waals surface area contributed by atoms with E-state index in [1.165, 1.54) is 0 Å². The van der Waals surface area contributed by atoms with Crippen molar-refractivity contribution in [2.24, 2.45) is 10.9 Å². The maximum Gasteiger partial charge on any atom is 0.248 e. The minimum absolute atomic E-state index is 0.0607. The lowest BCUT2D eigenvalue weighted by atomic mass is 9.87. The van der Waals surface area contributed by atoms with Gasteiger partial charge in [-0.2, -0.15) is 10.1 Å². The minimum Gasteiger partial charge on any atom is -0.495 e. The summed E-state index contributed by atoms with van der Waals surface area (Å²) < 4.78 is 8.01. The van der Waals surface area contributed by atoms with Gasteiger partial charge in [-0.1, -0.05) is 40.2 Å². The fourth-order valence-corrected chi connectivity index (χ4v) is 4.29. The molecule has 1 amide bonds. The number of aliphatic hydroxyl groups excluding tert-OH is 1. The second kappa shape index (κ2) is 9.62. The van der Waals surface area contributed by atoms with Crippen LogP contribution in [0.15, 0.2) is 58.0 Å². The zero-order valence-electron chi connectivity index (χ0n) is 17.8. The molecule has 1 aromatic heterocycles. The van der Waals surface area contributed by atoms with Crippen molar-refractivity contribution in [3.63, 3.8) is 0 Å². The van der Waals surface area contributed by atoms with E-state index in [1.807, 2.05) is 43.3 Å². The maximum absolute atomic E-state index is 13.5. The van der Waals surface area contributed by atoms with E-state index in [4.69, 9.17) is 4.74 Å². The molecule has 8 nitrogen and oxygen atoms in total. The first kappa shape index (κ1) is 22.2. The van der Waals surface area contributed by atoms with Crippen LogP contribution in [-0.2, 0) is 11.2 Å². The summed E-state index contributed by atoms with van der Waals surface area (Å²) in [5.41, 5.74) is 2.15. The standard InChI is InChI=1S/C23H24BrN5O3/c1-14-20(22(31)26-17-9-3-4-10-18(17)32-2)21(15-7-5-8-16(24)13-15)29-23(25-14)27-19(28-29)11-6-12-30/h3-5,7-10,13,20-21,30H,6,11-12H2,1-2H3,(H,26,31). The van der Waals surface area contributed by atoms with Crippen LogP contribution in [0.25, 0.3) is 0 Å². The fourth-order valence-electron chi connectivity index (χ4n) is 3.88. The summed E-state index contributed by atoms with van der Waals surface area (Å²) in [7, 11) is 1.57. The van der Waals surface area contributed by atoms with Gasteiger partial charge in [-0.05, 0) is 43.2 Å². The number of hydrogen-bond acceptors (Lipinski definition) is 6. The zero-order valence-corrected chi connectivity index (χ0v) is 19.4. The van der Waals surface area contributed by atoms with E-state index < -0.39 is 12.0 Å². The van der Waals surface area contributed by atoms with E-state index in [1.54, 1.807) is 23.9 Å². The first-order valence-electron chi connectivity index (χ1n) is 10.3. The van der Waals surface area contributed by atoms with Gasteiger partial charge >= 0.3 is 0 Å². The Kier molecular flexibility index (Phi) is 6.66. The van der Waals surface area contributed by atoms with Crippen molar-refractivity contribution in [3.8, 4) is 5.75 Å². The number of benzene rings is 2. The second-order valence-corrected chi connectivity index (χ2v) is 8.44. The summed E-state index contributed by atoms with van der Waals surface area (Å²) in [6.07, 6.45) is 1.10. The highest BCUT2D eigenvalue weighted by atomic mass is 79.9. The third-order valence-electron chi connectivity index (χ3n) is 5.36. The van der Waals surface area contributed by atoms with E-state index in [9.17, 15) is 9.90 Å². The summed E-state index contributed by atoms with van der Waals surface area (Å²) in [4.78, 5) is 22.7. The third kappa shape index (κ3) is 4.44. The molecule has 1 aliphatic heterocycles. The van der Waals surface area contributed by atoms with Crippen LogP contribution in [0.3, 0.4) is 0 Å². The molecule has 9 heteroatoms. The van der Waals surface area contributed by atoms with Crippen molar-refractivity contribution < 1.29 is 14.6 Å². The highest BCUT2D eigenvalue weighted by Crippen LogP contribution is 2.37. The van der Waals surface area contributed by atoms with Crippen LogP contribution in [0, 0.1) is 5.92 Å². The monoisotopic (exact) mass is 497 g/mol. The number of nitrogens with zero attached hydrogens (tertiary/aromatic N) is 4. The molecule has 0 fully saturated rings. The summed E-state index contributed by atoms with van der Waals surface area (Å²) in [5, 5.41) is 16.8. The number of ether oxygens (including phenoxy) is 1. The lowest BCUT2D eigenvalue weighted by molar-refractivity contribution is -0.118. The molecule has 2 N–H and O–H groups in total. The third-order valence-corrected chi connectivity index (χ3v) is 5.85. The number of carbonyl (C=O) groups excluding carboxylic acids is 1. The maximum atomic E-state index is 13.5. The molecule has 4 rings (SSSR count). The molecule has 1 aliphatic rings.